The molecule has 0 spiro atoms. The van der Waals surface area contributed by atoms with Crippen LogP contribution in [0.1, 0.15) is 36.4 Å². The third-order valence-corrected chi connectivity index (χ3v) is 4.34. The van der Waals surface area contributed by atoms with Crippen molar-refractivity contribution in [3.05, 3.63) is 29.6 Å². The molecule has 1 fully saturated rings. The van der Waals surface area contributed by atoms with Gasteiger partial charge in [0.2, 0.25) is 0 Å². The number of aromatic nitrogens is 1. The van der Waals surface area contributed by atoms with E-state index in [0.29, 0.717) is 17.9 Å². The highest BCUT2D eigenvalue weighted by Gasteiger charge is 2.35. The number of rotatable bonds is 3. The van der Waals surface area contributed by atoms with Crippen LogP contribution >= 0.6 is 0 Å². The molecule has 1 aliphatic carbocycles. The molecule has 3 N–H and O–H groups in total. The molecular formula is C14H21N3O. The second kappa shape index (κ2) is 5.34. The first-order valence-electron chi connectivity index (χ1n) is 6.88. The average Bonchev–Trinajstić information content (AvgIpc) is 2.94. The Morgan fingerprint density at radius 1 is 1.44 bits per heavy atom. The van der Waals surface area contributed by atoms with Crippen LogP contribution in [0.5, 0.6) is 0 Å². The van der Waals surface area contributed by atoms with Gasteiger partial charge in [-0.2, -0.15) is 0 Å². The second-order valence-corrected chi connectivity index (χ2v) is 5.36. The smallest absolute Gasteiger partial charge is 0.0510 e. The van der Waals surface area contributed by atoms with E-state index in [-0.39, 0.29) is 0 Å². The Balaban J connectivity index is 1.87. The van der Waals surface area contributed by atoms with Crippen molar-refractivity contribution >= 4 is 0 Å². The molecular weight excluding hydrogens is 226 g/mol. The molecule has 2 aliphatic rings. The first-order valence-corrected chi connectivity index (χ1v) is 6.88. The molecule has 1 aliphatic heterocycles. The number of aryl methyl sites for hydroxylation is 1. The Morgan fingerprint density at radius 2 is 2.39 bits per heavy atom. The molecule has 0 radical (unpaired) electrons. The van der Waals surface area contributed by atoms with Crippen LogP contribution in [0.4, 0.5) is 0 Å². The maximum atomic E-state index is 5.81. The van der Waals surface area contributed by atoms with E-state index in [4.69, 9.17) is 10.6 Å². The van der Waals surface area contributed by atoms with Gasteiger partial charge in [-0.1, -0.05) is 6.07 Å². The molecule has 1 aromatic heterocycles. The van der Waals surface area contributed by atoms with Gasteiger partial charge in [0, 0.05) is 36.4 Å². The van der Waals surface area contributed by atoms with Gasteiger partial charge in [-0.05, 0) is 37.3 Å². The molecule has 0 saturated carbocycles. The van der Waals surface area contributed by atoms with Crippen molar-refractivity contribution in [2.45, 2.75) is 37.6 Å². The summed E-state index contributed by atoms with van der Waals surface area (Å²) in [5.74, 6) is 6.77. The molecule has 2 heterocycles. The number of nitrogens with two attached hydrogens (primary N) is 1. The van der Waals surface area contributed by atoms with Gasteiger partial charge in [-0.3, -0.25) is 16.3 Å². The average molecular weight is 247 g/mol. The summed E-state index contributed by atoms with van der Waals surface area (Å²) in [7, 11) is 0. The van der Waals surface area contributed by atoms with E-state index in [1.165, 1.54) is 24.1 Å². The van der Waals surface area contributed by atoms with Crippen LogP contribution in [-0.4, -0.2) is 24.2 Å². The Hall–Kier alpha value is -0.970. The van der Waals surface area contributed by atoms with E-state index in [9.17, 15) is 0 Å². The maximum absolute atomic E-state index is 5.81. The molecule has 0 bridgehead atoms. The van der Waals surface area contributed by atoms with Gasteiger partial charge >= 0.3 is 0 Å². The lowest BCUT2D eigenvalue weighted by Gasteiger charge is -2.33. The predicted octanol–water partition coefficient (Wildman–Crippen LogP) is 1.37. The number of fused-ring (bicyclic) bond motifs is 1. The lowest BCUT2D eigenvalue weighted by Crippen LogP contribution is -2.46. The molecule has 1 saturated heterocycles. The van der Waals surface area contributed by atoms with Crippen LogP contribution in [0.15, 0.2) is 18.3 Å². The van der Waals surface area contributed by atoms with Crippen LogP contribution in [0.2, 0.25) is 0 Å². The Bertz CT molecular complexity index is 404. The molecule has 4 heteroatoms. The largest absolute Gasteiger partial charge is 0.381 e. The summed E-state index contributed by atoms with van der Waals surface area (Å²) in [4.78, 5) is 4.60. The van der Waals surface area contributed by atoms with Crippen molar-refractivity contribution < 1.29 is 4.74 Å². The Labute approximate surface area is 108 Å². The second-order valence-electron chi connectivity index (χ2n) is 5.36. The monoisotopic (exact) mass is 247 g/mol. The zero-order chi connectivity index (χ0) is 12.4. The third-order valence-electron chi connectivity index (χ3n) is 4.34. The number of ether oxygens (including phenoxy) is 1. The van der Waals surface area contributed by atoms with Gasteiger partial charge < -0.3 is 4.74 Å². The fourth-order valence-electron chi connectivity index (χ4n) is 3.41. The molecule has 3 unspecified atom stereocenters. The zero-order valence-corrected chi connectivity index (χ0v) is 10.6. The van der Waals surface area contributed by atoms with Gasteiger partial charge in [0.25, 0.3) is 0 Å². The minimum absolute atomic E-state index is 0.293. The van der Waals surface area contributed by atoms with Crippen LogP contribution in [0.3, 0.4) is 0 Å². The Morgan fingerprint density at radius 3 is 3.17 bits per heavy atom. The molecule has 98 valence electrons. The van der Waals surface area contributed by atoms with E-state index >= 15 is 0 Å². The van der Waals surface area contributed by atoms with Crippen LogP contribution < -0.4 is 11.3 Å². The zero-order valence-electron chi connectivity index (χ0n) is 10.6. The first-order chi connectivity index (χ1) is 8.90. The number of nitrogens with one attached hydrogen (secondary N) is 1. The summed E-state index contributed by atoms with van der Waals surface area (Å²) in [6.45, 7) is 1.69. The highest BCUT2D eigenvalue weighted by Crippen LogP contribution is 2.36. The lowest BCUT2D eigenvalue weighted by molar-refractivity contribution is 0.170. The van der Waals surface area contributed by atoms with Gasteiger partial charge in [0.1, 0.15) is 0 Å². The summed E-state index contributed by atoms with van der Waals surface area (Å²) in [5.41, 5.74) is 5.68. The van der Waals surface area contributed by atoms with Gasteiger partial charge in [-0.25, -0.2) is 0 Å². The topological polar surface area (TPSA) is 60.2 Å². The Kier molecular flexibility index (Phi) is 3.59. The highest BCUT2D eigenvalue weighted by atomic mass is 16.5. The molecule has 0 amide bonds. The van der Waals surface area contributed by atoms with Crippen molar-refractivity contribution in [1.29, 1.82) is 0 Å². The minimum atomic E-state index is 0.293. The molecule has 3 atom stereocenters. The van der Waals surface area contributed by atoms with Crippen LogP contribution in [0, 0.1) is 5.92 Å². The summed E-state index contributed by atoms with van der Waals surface area (Å²) in [6, 6.07) is 4.53. The first kappa shape index (κ1) is 12.1. The fourth-order valence-corrected chi connectivity index (χ4v) is 3.41. The third kappa shape index (κ3) is 2.16. The van der Waals surface area contributed by atoms with Crippen LogP contribution in [0.25, 0.3) is 0 Å². The van der Waals surface area contributed by atoms with E-state index < -0.39 is 0 Å². The molecule has 1 aromatic rings. The lowest BCUT2D eigenvalue weighted by atomic mass is 9.77. The van der Waals surface area contributed by atoms with E-state index in [2.05, 4.69) is 16.5 Å². The minimum Gasteiger partial charge on any atom is -0.381 e. The number of hydrogen-bond donors (Lipinski definition) is 2. The van der Waals surface area contributed by atoms with Crippen LogP contribution in [-0.2, 0) is 11.2 Å². The van der Waals surface area contributed by atoms with Gasteiger partial charge in [0.15, 0.2) is 0 Å². The summed E-state index contributed by atoms with van der Waals surface area (Å²) >= 11 is 0. The molecule has 0 aromatic carbocycles. The van der Waals surface area contributed by atoms with E-state index in [1.54, 1.807) is 0 Å². The standard InChI is InChI=1S/C14H21N3O/c15-17-14(11-6-8-18-9-11)12-5-1-3-10-4-2-7-16-13(10)12/h2,4,7,11-12,14,17H,1,3,5-6,8-9,15H2. The molecule has 4 nitrogen and oxygen atoms in total. The number of pyridine rings is 1. The van der Waals surface area contributed by atoms with Crippen molar-refractivity contribution in [3.63, 3.8) is 0 Å². The quantitative estimate of drug-likeness (QED) is 0.625. The van der Waals surface area contributed by atoms with E-state index in [1.807, 2.05) is 12.3 Å². The number of nitrogens with zero attached hydrogens (tertiary/aromatic N) is 1. The van der Waals surface area contributed by atoms with Crippen molar-refractivity contribution in [2.24, 2.45) is 11.8 Å². The van der Waals surface area contributed by atoms with E-state index in [0.717, 1.165) is 26.1 Å². The van der Waals surface area contributed by atoms with Crippen molar-refractivity contribution in [2.75, 3.05) is 13.2 Å². The number of hydrazine groups is 1. The summed E-state index contributed by atoms with van der Waals surface area (Å²) in [6.07, 6.45) is 6.56. The fraction of sp³-hybridized carbons (Fsp3) is 0.643. The predicted molar refractivity (Wildman–Crippen MR) is 70.0 cm³/mol. The summed E-state index contributed by atoms with van der Waals surface area (Å²) in [5, 5.41) is 0. The SMILES string of the molecule is NNC(C1CCOC1)C1CCCc2cccnc21. The summed E-state index contributed by atoms with van der Waals surface area (Å²) < 4.78 is 5.50. The highest BCUT2D eigenvalue weighted by molar-refractivity contribution is 5.27. The number of hydrogen-bond acceptors (Lipinski definition) is 4. The van der Waals surface area contributed by atoms with Crippen molar-refractivity contribution in [3.8, 4) is 0 Å². The molecule has 3 rings (SSSR count). The van der Waals surface area contributed by atoms with Gasteiger partial charge in [-0.15, -0.1) is 0 Å². The molecule has 18 heavy (non-hydrogen) atoms. The van der Waals surface area contributed by atoms with Crippen molar-refractivity contribution in [1.82, 2.24) is 10.4 Å². The normalized spacial score (nSPS) is 28.9. The van der Waals surface area contributed by atoms with Gasteiger partial charge in [0.05, 0.1) is 6.61 Å². The maximum Gasteiger partial charge on any atom is 0.0510 e.